The van der Waals surface area contributed by atoms with E-state index in [1.165, 1.54) is 11.6 Å². The third kappa shape index (κ3) is 3.70. The summed E-state index contributed by atoms with van der Waals surface area (Å²) in [5.41, 5.74) is 0. The van der Waals surface area contributed by atoms with Crippen LogP contribution in [0.5, 0.6) is 0 Å². The highest BCUT2D eigenvalue weighted by atomic mass is 79.9. The maximum absolute atomic E-state index is 10.8. The zero-order chi connectivity index (χ0) is 11.4. The van der Waals surface area contributed by atoms with E-state index in [4.69, 9.17) is 5.11 Å². The van der Waals surface area contributed by atoms with Crippen LogP contribution in [0.2, 0.25) is 0 Å². The van der Waals surface area contributed by atoms with Crippen LogP contribution in [-0.2, 0) is 16.1 Å². The summed E-state index contributed by atoms with van der Waals surface area (Å²) in [5, 5.41) is 15.0. The molecular weight excluding hydrogens is 266 g/mol. The van der Waals surface area contributed by atoms with Gasteiger partial charge in [-0.2, -0.15) is 5.10 Å². The van der Waals surface area contributed by atoms with Gasteiger partial charge in [-0.3, -0.25) is 9.48 Å². The molecule has 0 aliphatic rings. The number of nitrogens with one attached hydrogen (secondary N) is 1. The molecule has 0 saturated carbocycles. The summed E-state index contributed by atoms with van der Waals surface area (Å²) in [6, 6.07) is -0.964. The van der Waals surface area contributed by atoms with Crippen LogP contribution < -0.4 is 5.32 Å². The molecule has 1 unspecified atom stereocenters. The van der Waals surface area contributed by atoms with Crippen molar-refractivity contribution < 1.29 is 14.7 Å². The molecule has 0 aliphatic carbocycles. The van der Waals surface area contributed by atoms with E-state index in [1.54, 1.807) is 12.4 Å². The fourth-order valence-electron chi connectivity index (χ4n) is 1.06. The number of hydrogen-bond acceptors (Lipinski definition) is 3. The van der Waals surface area contributed by atoms with Crippen LogP contribution >= 0.6 is 15.9 Å². The summed E-state index contributed by atoms with van der Waals surface area (Å²) in [6.45, 7) is 1.37. The van der Waals surface area contributed by atoms with E-state index in [2.05, 4.69) is 26.3 Å². The summed E-state index contributed by atoms with van der Waals surface area (Å²) in [5.74, 6) is -1.47. The zero-order valence-electron chi connectivity index (χ0n) is 7.98. The molecule has 6 nitrogen and oxygen atoms in total. The molecule has 15 heavy (non-hydrogen) atoms. The predicted molar refractivity (Wildman–Crippen MR) is 55.2 cm³/mol. The number of aromatic nitrogens is 2. The summed E-state index contributed by atoms with van der Waals surface area (Å²) in [6.07, 6.45) is 3.18. The number of halogens is 1. The van der Waals surface area contributed by atoms with E-state index in [0.717, 1.165) is 4.47 Å². The van der Waals surface area contributed by atoms with E-state index in [0.29, 0.717) is 0 Å². The number of hydrogen-bond donors (Lipinski definition) is 2. The molecule has 1 heterocycles. The van der Waals surface area contributed by atoms with Crippen molar-refractivity contribution in [2.24, 2.45) is 0 Å². The second-order valence-electron chi connectivity index (χ2n) is 2.97. The molecule has 7 heteroatoms. The third-order valence-corrected chi connectivity index (χ3v) is 2.06. The Hall–Kier alpha value is -1.37. The fourth-order valence-corrected chi connectivity index (χ4v) is 1.38. The van der Waals surface area contributed by atoms with Crippen molar-refractivity contribution >= 4 is 27.8 Å². The van der Waals surface area contributed by atoms with E-state index >= 15 is 0 Å². The molecule has 1 aromatic rings. The Morgan fingerprint density at radius 1 is 1.73 bits per heavy atom. The summed E-state index contributed by atoms with van der Waals surface area (Å²) >= 11 is 3.19. The number of aliphatic carboxylic acids is 1. The average Bonchev–Trinajstić information content (AvgIpc) is 2.49. The lowest BCUT2D eigenvalue weighted by atomic mass is 10.3. The van der Waals surface area contributed by atoms with Crippen molar-refractivity contribution in [1.82, 2.24) is 15.1 Å². The Morgan fingerprint density at radius 2 is 2.40 bits per heavy atom. The predicted octanol–water partition coefficient (Wildman–Crippen LogP) is 0.235. The van der Waals surface area contributed by atoms with Gasteiger partial charge in [0.1, 0.15) is 6.04 Å². The van der Waals surface area contributed by atoms with E-state index < -0.39 is 12.0 Å². The van der Waals surface area contributed by atoms with Gasteiger partial charge in [-0.15, -0.1) is 0 Å². The molecule has 0 bridgehead atoms. The van der Waals surface area contributed by atoms with Crippen molar-refractivity contribution in [3.8, 4) is 0 Å². The lowest BCUT2D eigenvalue weighted by molar-refractivity contribution is -0.142. The van der Waals surface area contributed by atoms with Gasteiger partial charge in [0.15, 0.2) is 0 Å². The highest BCUT2D eigenvalue weighted by Gasteiger charge is 2.19. The molecular formula is C8H10BrN3O3. The van der Waals surface area contributed by atoms with E-state index in [9.17, 15) is 9.59 Å². The van der Waals surface area contributed by atoms with Crippen molar-refractivity contribution in [1.29, 1.82) is 0 Å². The number of carboxylic acid groups (broad SMARTS) is 1. The first-order valence-corrected chi connectivity index (χ1v) is 4.96. The van der Waals surface area contributed by atoms with Crippen LogP contribution in [0.3, 0.4) is 0 Å². The van der Waals surface area contributed by atoms with Crippen LogP contribution in [0.15, 0.2) is 16.9 Å². The van der Waals surface area contributed by atoms with Gasteiger partial charge < -0.3 is 10.4 Å². The maximum Gasteiger partial charge on any atom is 0.328 e. The minimum Gasteiger partial charge on any atom is -0.480 e. The van der Waals surface area contributed by atoms with Gasteiger partial charge >= 0.3 is 5.97 Å². The molecule has 0 radical (unpaired) electrons. The second kappa shape index (κ2) is 4.92. The van der Waals surface area contributed by atoms with Crippen LogP contribution in [0, 0.1) is 0 Å². The monoisotopic (exact) mass is 275 g/mol. The van der Waals surface area contributed by atoms with Crippen LogP contribution in [0.1, 0.15) is 6.92 Å². The summed E-state index contributed by atoms with van der Waals surface area (Å²) in [4.78, 5) is 21.5. The third-order valence-electron chi connectivity index (χ3n) is 1.65. The number of carbonyl (C=O) groups is 2. The van der Waals surface area contributed by atoms with Crippen molar-refractivity contribution in [3.63, 3.8) is 0 Å². The Kier molecular flexibility index (Phi) is 3.84. The van der Waals surface area contributed by atoms with Gasteiger partial charge in [-0.25, -0.2) is 4.79 Å². The Morgan fingerprint density at radius 3 is 2.80 bits per heavy atom. The highest BCUT2D eigenvalue weighted by Crippen LogP contribution is 2.06. The highest BCUT2D eigenvalue weighted by molar-refractivity contribution is 9.10. The van der Waals surface area contributed by atoms with Crippen molar-refractivity contribution in [3.05, 3.63) is 16.9 Å². The normalized spacial score (nSPS) is 12.1. The first-order chi connectivity index (χ1) is 6.99. The molecule has 2 N–H and O–H groups in total. The standard InChI is InChI=1S/C8H10BrN3O3/c1-5(13)11-7(8(14)15)4-12-3-6(9)2-10-12/h2-3,7H,4H2,1H3,(H,11,13)(H,14,15). The first-order valence-electron chi connectivity index (χ1n) is 4.17. The molecule has 0 spiro atoms. The number of nitrogens with zero attached hydrogens (tertiary/aromatic N) is 2. The number of amides is 1. The Bertz CT molecular complexity index is 377. The number of carbonyl (C=O) groups excluding carboxylic acids is 1. The van der Waals surface area contributed by atoms with E-state index in [-0.39, 0.29) is 12.5 Å². The topological polar surface area (TPSA) is 84.2 Å². The van der Waals surface area contributed by atoms with Crippen LogP contribution in [-0.4, -0.2) is 32.8 Å². The van der Waals surface area contributed by atoms with Crippen molar-refractivity contribution in [2.45, 2.75) is 19.5 Å². The Balaban J connectivity index is 2.66. The average molecular weight is 276 g/mol. The molecule has 1 rings (SSSR count). The van der Waals surface area contributed by atoms with Gasteiger partial charge in [-0.05, 0) is 15.9 Å². The SMILES string of the molecule is CC(=O)NC(Cn1cc(Br)cn1)C(=O)O. The van der Waals surface area contributed by atoms with Gasteiger partial charge in [0.2, 0.25) is 5.91 Å². The van der Waals surface area contributed by atoms with Gasteiger partial charge in [0, 0.05) is 13.1 Å². The van der Waals surface area contributed by atoms with Crippen molar-refractivity contribution in [2.75, 3.05) is 0 Å². The largest absolute Gasteiger partial charge is 0.480 e. The molecule has 0 aliphatic heterocycles. The lowest BCUT2D eigenvalue weighted by Crippen LogP contribution is -2.42. The number of carboxylic acids is 1. The minimum absolute atomic E-state index is 0.0977. The summed E-state index contributed by atoms with van der Waals surface area (Å²) < 4.78 is 2.20. The fraction of sp³-hybridized carbons (Fsp3) is 0.375. The molecule has 1 atom stereocenters. The lowest BCUT2D eigenvalue weighted by Gasteiger charge is -2.12. The maximum atomic E-state index is 10.8. The van der Waals surface area contributed by atoms with Gasteiger partial charge in [-0.1, -0.05) is 0 Å². The summed E-state index contributed by atoms with van der Waals surface area (Å²) in [7, 11) is 0. The van der Waals surface area contributed by atoms with Gasteiger partial charge in [0.25, 0.3) is 0 Å². The quantitative estimate of drug-likeness (QED) is 0.824. The first kappa shape index (κ1) is 11.7. The molecule has 1 aromatic heterocycles. The van der Waals surface area contributed by atoms with Gasteiger partial charge in [0.05, 0.1) is 17.2 Å². The molecule has 1 amide bonds. The van der Waals surface area contributed by atoms with E-state index in [1.807, 2.05) is 0 Å². The molecule has 0 aromatic carbocycles. The van der Waals surface area contributed by atoms with Crippen LogP contribution in [0.25, 0.3) is 0 Å². The minimum atomic E-state index is -1.09. The van der Waals surface area contributed by atoms with Crippen LogP contribution in [0.4, 0.5) is 0 Å². The molecule has 0 saturated heterocycles. The second-order valence-corrected chi connectivity index (χ2v) is 3.89. The smallest absolute Gasteiger partial charge is 0.328 e. The molecule has 82 valence electrons. The number of rotatable bonds is 4. The molecule has 0 fully saturated rings. The Labute approximate surface area is 94.4 Å². The zero-order valence-corrected chi connectivity index (χ0v) is 9.56.